The van der Waals surface area contributed by atoms with E-state index in [9.17, 15) is 9.90 Å². The molecule has 22 heavy (non-hydrogen) atoms. The van der Waals surface area contributed by atoms with Crippen molar-refractivity contribution in [2.45, 2.75) is 46.0 Å². The third-order valence-electron chi connectivity index (χ3n) is 3.92. The molecule has 1 aliphatic rings. The summed E-state index contributed by atoms with van der Waals surface area (Å²) in [4.78, 5) is 17.5. The number of benzene rings is 1. The molecule has 0 heterocycles. The number of allylic oxidation sites excluding steroid dienone is 2. The Bertz CT molecular complexity index is 599. The van der Waals surface area contributed by atoms with E-state index in [-0.39, 0.29) is 17.5 Å². The molecule has 0 saturated carbocycles. The lowest BCUT2D eigenvalue weighted by Crippen LogP contribution is -2.23. The van der Waals surface area contributed by atoms with Gasteiger partial charge in [-0.25, -0.2) is 0 Å². The molecule has 1 aromatic carbocycles. The molecule has 4 heteroatoms. The molecule has 0 bridgehead atoms. The number of hydrogen-bond donors (Lipinski definition) is 1. The highest BCUT2D eigenvalue weighted by molar-refractivity contribution is 6.23. The van der Waals surface area contributed by atoms with Crippen LogP contribution < -0.4 is 0 Å². The van der Waals surface area contributed by atoms with Crippen LogP contribution in [0.15, 0.2) is 40.8 Å². The number of hydrogen-bond acceptors (Lipinski definition) is 4. The average Bonchev–Trinajstić information content (AvgIpc) is 2.50. The lowest BCUT2D eigenvalue weighted by Gasteiger charge is -2.24. The second-order valence-electron chi connectivity index (χ2n) is 5.57. The highest BCUT2D eigenvalue weighted by atomic mass is 16.6. The largest absolute Gasteiger partial charge is 0.511 e. The second-order valence-corrected chi connectivity index (χ2v) is 5.57. The van der Waals surface area contributed by atoms with Gasteiger partial charge in [0, 0.05) is 12.8 Å². The van der Waals surface area contributed by atoms with Crippen LogP contribution in [0.2, 0.25) is 0 Å². The summed E-state index contributed by atoms with van der Waals surface area (Å²) in [5.74, 6) is 0.0961. The van der Waals surface area contributed by atoms with Gasteiger partial charge in [-0.3, -0.25) is 4.79 Å². The fourth-order valence-corrected chi connectivity index (χ4v) is 2.73. The molecule has 4 nitrogen and oxygen atoms in total. The summed E-state index contributed by atoms with van der Waals surface area (Å²) in [6.45, 7) is 6.21. The van der Waals surface area contributed by atoms with Gasteiger partial charge in [-0.15, -0.1) is 0 Å². The summed E-state index contributed by atoms with van der Waals surface area (Å²) in [7, 11) is 0. The van der Waals surface area contributed by atoms with Crippen molar-refractivity contribution in [3.05, 3.63) is 46.7 Å². The number of aliphatic hydroxyl groups is 1. The van der Waals surface area contributed by atoms with E-state index in [1.165, 1.54) is 5.56 Å². The van der Waals surface area contributed by atoms with Crippen LogP contribution in [0.4, 0.5) is 0 Å². The molecule has 0 saturated heterocycles. The fraction of sp³-hybridized carbons (Fsp3) is 0.444. The van der Waals surface area contributed by atoms with Crippen LogP contribution in [-0.2, 0) is 9.63 Å². The number of rotatable bonds is 5. The van der Waals surface area contributed by atoms with Gasteiger partial charge in [-0.05, 0) is 31.7 Å². The quantitative estimate of drug-likeness (QED) is 0.659. The Hall–Kier alpha value is -2.10. The van der Waals surface area contributed by atoms with Crippen molar-refractivity contribution in [1.82, 2.24) is 0 Å². The topological polar surface area (TPSA) is 58.9 Å². The number of carbonyl (C=O) groups is 1. The maximum atomic E-state index is 12.5. The molecule has 2 rings (SSSR count). The summed E-state index contributed by atoms with van der Waals surface area (Å²) < 4.78 is 0. The lowest BCUT2D eigenvalue weighted by atomic mass is 9.81. The zero-order chi connectivity index (χ0) is 16.1. The Labute approximate surface area is 131 Å². The van der Waals surface area contributed by atoms with E-state index < -0.39 is 0 Å². The van der Waals surface area contributed by atoms with Crippen molar-refractivity contribution in [2.75, 3.05) is 6.61 Å². The second kappa shape index (κ2) is 7.25. The van der Waals surface area contributed by atoms with Gasteiger partial charge in [0.15, 0.2) is 5.78 Å². The lowest BCUT2D eigenvalue weighted by molar-refractivity contribution is -0.116. The number of nitrogens with zero attached hydrogens (tertiary/aromatic N) is 1. The van der Waals surface area contributed by atoms with Gasteiger partial charge in [0.2, 0.25) is 0 Å². The van der Waals surface area contributed by atoms with Crippen LogP contribution in [-0.4, -0.2) is 23.2 Å². The Morgan fingerprint density at radius 2 is 1.95 bits per heavy atom. The van der Waals surface area contributed by atoms with E-state index in [4.69, 9.17) is 4.84 Å². The fourth-order valence-electron chi connectivity index (χ4n) is 2.73. The average molecular weight is 301 g/mol. The van der Waals surface area contributed by atoms with Crippen LogP contribution in [0.25, 0.3) is 0 Å². The van der Waals surface area contributed by atoms with E-state index in [2.05, 4.69) is 5.16 Å². The third-order valence-corrected chi connectivity index (χ3v) is 3.92. The van der Waals surface area contributed by atoms with E-state index >= 15 is 0 Å². The predicted octanol–water partition coefficient (Wildman–Crippen LogP) is 4.06. The molecule has 1 atom stereocenters. The molecule has 1 unspecified atom stereocenters. The van der Waals surface area contributed by atoms with Gasteiger partial charge < -0.3 is 9.94 Å². The molecular weight excluding hydrogens is 278 g/mol. The van der Waals surface area contributed by atoms with Crippen LogP contribution in [0.1, 0.15) is 50.2 Å². The van der Waals surface area contributed by atoms with Crippen molar-refractivity contribution < 1.29 is 14.7 Å². The van der Waals surface area contributed by atoms with Crippen LogP contribution >= 0.6 is 0 Å². The third kappa shape index (κ3) is 3.56. The number of ketones is 1. The molecule has 0 aromatic heterocycles. The maximum absolute atomic E-state index is 12.5. The van der Waals surface area contributed by atoms with E-state index in [1.807, 2.05) is 45.0 Å². The highest BCUT2D eigenvalue weighted by Crippen LogP contribution is 2.34. The molecule has 0 spiro atoms. The summed E-state index contributed by atoms with van der Waals surface area (Å²) in [5.41, 5.74) is 3.15. The molecular formula is C18H23NO3. The minimum Gasteiger partial charge on any atom is -0.511 e. The summed E-state index contributed by atoms with van der Waals surface area (Å²) in [6, 6.07) is 8.12. The van der Waals surface area contributed by atoms with E-state index in [0.29, 0.717) is 37.2 Å². The Kier molecular flexibility index (Phi) is 5.36. The molecule has 1 aliphatic carbocycles. The Morgan fingerprint density at radius 3 is 2.50 bits per heavy atom. The Balaban J connectivity index is 2.26. The monoisotopic (exact) mass is 301 g/mol. The number of aliphatic hydroxyl groups excluding tert-OH is 1. The van der Waals surface area contributed by atoms with Crippen molar-refractivity contribution in [1.29, 1.82) is 0 Å². The standard InChI is InChI=1S/C18H23NO3/c1-4-15(19-22-5-2)18-16(20)10-14(11-17(18)21)13-8-6-12(3)7-9-13/h6-9,14,20H,4-5,10-11H2,1-3H3/b19-15-. The summed E-state index contributed by atoms with van der Waals surface area (Å²) >= 11 is 0. The minimum atomic E-state index is -0.0605. The normalized spacial score (nSPS) is 19.5. The molecule has 118 valence electrons. The SMILES string of the molecule is CCO/N=C(/CC)C1=C(O)CC(c2ccc(C)cc2)CC1=O. The van der Waals surface area contributed by atoms with Gasteiger partial charge in [0.05, 0.1) is 11.3 Å². The molecule has 0 amide bonds. The predicted molar refractivity (Wildman–Crippen MR) is 87.2 cm³/mol. The van der Waals surface area contributed by atoms with Gasteiger partial charge in [-0.1, -0.05) is 41.9 Å². The number of aryl methyl sites for hydroxylation is 1. The maximum Gasteiger partial charge on any atom is 0.168 e. The van der Waals surface area contributed by atoms with Crippen LogP contribution in [0, 0.1) is 6.92 Å². The molecule has 0 fully saturated rings. The van der Waals surface area contributed by atoms with Crippen molar-refractivity contribution >= 4 is 11.5 Å². The number of carbonyl (C=O) groups excluding carboxylic acids is 1. The summed E-state index contributed by atoms with van der Waals surface area (Å²) in [5, 5.41) is 14.3. The van der Waals surface area contributed by atoms with Crippen LogP contribution in [0.3, 0.4) is 0 Å². The summed E-state index contributed by atoms with van der Waals surface area (Å²) in [6.07, 6.45) is 1.42. The molecule has 1 N–H and O–H groups in total. The zero-order valence-electron chi connectivity index (χ0n) is 13.4. The smallest absolute Gasteiger partial charge is 0.168 e. The van der Waals surface area contributed by atoms with Crippen molar-refractivity contribution in [3.63, 3.8) is 0 Å². The zero-order valence-corrected chi connectivity index (χ0v) is 13.4. The molecule has 0 radical (unpaired) electrons. The van der Waals surface area contributed by atoms with Gasteiger partial charge in [0.1, 0.15) is 12.4 Å². The van der Waals surface area contributed by atoms with Gasteiger partial charge >= 0.3 is 0 Å². The van der Waals surface area contributed by atoms with E-state index in [1.54, 1.807) is 0 Å². The van der Waals surface area contributed by atoms with Gasteiger partial charge in [-0.2, -0.15) is 0 Å². The molecule has 0 aliphatic heterocycles. The first-order chi connectivity index (χ1) is 10.6. The Morgan fingerprint density at radius 1 is 1.27 bits per heavy atom. The first kappa shape index (κ1) is 16.3. The van der Waals surface area contributed by atoms with Crippen molar-refractivity contribution in [3.8, 4) is 0 Å². The number of Topliss-reactive ketones (excluding diaryl/α,β-unsaturated/α-hetero) is 1. The first-order valence-corrected chi connectivity index (χ1v) is 7.77. The number of oxime groups is 1. The highest BCUT2D eigenvalue weighted by Gasteiger charge is 2.31. The van der Waals surface area contributed by atoms with Crippen LogP contribution in [0.5, 0.6) is 0 Å². The van der Waals surface area contributed by atoms with Gasteiger partial charge in [0.25, 0.3) is 0 Å². The van der Waals surface area contributed by atoms with Crippen molar-refractivity contribution in [2.24, 2.45) is 5.16 Å². The minimum absolute atomic E-state index is 0.0297. The molecule has 1 aromatic rings. The first-order valence-electron chi connectivity index (χ1n) is 7.77. The van der Waals surface area contributed by atoms with E-state index in [0.717, 1.165) is 5.56 Å².